The standard InChI is InChI=1S/C13H14N4O3/c1-16-5-2-3-10(16)12(18)17-6-4-9-8(7-17)11(13(19)20)15-14-9/h2-3,5H,4,6-7H2,1H3,(H,14,15)(H,19,20). The lowest BCUT2D eigenvalue weighted by molar-refractivity contribution is 0.0672. The highest BCUT2D eigenvalue weighted by Gasteiger charge is 2.28. The smallest absolute Gasteiger partial charge is 0.356 e. The fourth-order valence-corrected chi connectivity index (χ4v) is 2.49. The number of aryl methyl sites for hydroxylation is 1. The van der Waals surface area contributed by atoms with Crippen LogP contribution in [0.15, 0.2) is 18.3 Å². The van der Waals surface area contributed by atoms with Crippen LogP contribution in [0.25, 0.3) is 0 Å². The number of carbonyl (C=O) groups excluding carboxylic acids is 1. The first kappa shape index (κ1) is 12.5. The van der Waals surface area contributed by atoms with Crippen molar-refractivity contribution < 1.29 is 14.7 Å². The van der Waals surface area contributed by atoms with Crippen LogP contribution in [-0.2, 0) is 20.0 Å². The van der Waals surface area contributed by atoms with E-state index < -0.39 is 5.97 Å². The Morgan fingerprint density at radius 1 is 1.45 bits per heavy atom. The van der Waals surface area contributed by atoms with Gasteiger partial charge in [0.05, 0.1) is 6.54 Å². The van der Waals surface area contributed by atoms with Crippen molar-refractivity contribution in [2.24, 2.45) is 7.05 Å². The van der Waals surface area contributed by atoms with Crippen molar-refractivity contribution in [3.05, 3.63) is 41.0 Å². The summed E-state index contributed by atoms with van der Waals surface area (Å²) in [5, 5.41) is 15.6. The molecule has 3 rings (SSSR count). The Hall–Kier alpha value is -2.57. The van der Waals surface area contributed by atoms with Crippen LogP contribution in [0.5, 0.6) is 0 Å². The minimum Gasteiger partial charge on any atom is -0.476 e. The summed E-state index contributed by atoms with van der Waals surface area (Å²) in [5.41, 5.74) is 2.00. The molecule has 0 aliphatic carbocycles. The van der Waals surface area contributed by atoms with Gasteiger partial charge >= 0.3 is 5.97 Å². The summed E-state index contributed by atoms with van der Waals surface area (Å²) in [6, 6.07) is 3.56. The fourth-order valence-electron chi connectivity index (χ4n) is 2.49. The van der Waals surface area contributed by atoms with Gasteiger partial charge in [0, 0.05) is 37.5 Å². The maximum absolute atomic E-state index is 12.4. The van der Waals surface area contributed by atoms with Crippen molar-refractivity contribution in [2.45, 2.75) is 13.0 Å². The lowest BCUT2D eigenvalue weighted by Crippen LogP contribution is -2.37. The molecule has 0 unspecified atom stereocenters. The van der Waals surface area contributed by atoms with Crippen LogP contribution in [-0.4, -0.2) is 43.2 Å². The predicted octanol–water partition coefficient (Wildman–Crippen LogP) is 0.645. The van der Waals surface area contributed by atoms with Gasteiger partial charge in [-0.1, -0.05) is 0 Å². The van der Waals surface area contributed by atoms with E-state index in [1.807, 2.05) is 19.3 Å². The summed E-state index contributed by atoms with van der Waals surface area (Å²) in [4.78, 5) is 25.2. The molecule has 20 heavy (non-hydrogen) atoms. The molecule has 3 heterocycles. The normalized spacial score (nSPS) is 14.2. The summed E-state index contributed by atoms with van der Waals surface area (Å²) < 4.78 is 1.76. The SMILES string of the molecule is Cn1cccc1C(=O)N1CCc2[nH]nc(C(=O)O)c2C1. The minimum atomic E-state index is -1.07. The zero-order chi connectivity index (χ0) is 14.3. The molecular weight excluding hydrogens is 260 g/mol. The van der Waals surface area contributed by atoms with Crippen molar-refractivity contribution in [2.75, 3.05) is 6.54 Å². The molecule has 2 N–H and O–H groups in total. The predicted molar refractivity (Wildman–Crippen MR) is 69.4 cm³/mol. The fraction of sp³-hybridized carbons (Fsp3) is 0.308. The Kier molecular flexibility index (Phi) is 2.81. The Bertz CT molecular complexity index is 686. The van der Waals surface area contributed by atoms with Crippen LogP contribution in [0, 0.1) is 0 Å². The Balaban J connectivity index is 1.88. The second-order valence-electron chi connectivity index (χ2n) is 4.82. The van der Waals surface area contributed by atoms with Gasteiger partial charge in [0.15, 0.2) is 5.69 Å². The van der Waals surface area contributed by atoms with E-state index in [2.05, 4.69) is 10.2 Å². The number of rotatable bonds is 2. The topological polar surface area (TPSA) is 91.2 Å². The number of nitrogens with zero attached hydrogens (tertiary/aromatic N) is 3. The molecule has 104 valence electrons. The molecule has 2 aromatic heterocycles. The largest absolute Gasteiger partial charge is 0.476 e. The van der Waals surface area contributed by atoms with Crippen molar-refractivity contribution in [3.63, 3.8) is 0 Å². The average molecular weight is 274 g/mol. The third kappa shape index (κ3) is 1.87. The molecule has 1 amide bonds. The van der Waals surface area contributed by atoms with Crippen molar-refractivity contribution in [3.8, 4) is 0 Å². The zero-order valence-corrected chi connectivity index (χ0v) is 11.0. The van der Waals surface area contributed by atoms with Gasteiger partial charge in [-0.25, -0.2) is 4.79 Å². The number of aromatic nitrogens is 3. The van der Waals surface area contributed by atoms with Gasteiger partial charge in [-0.3, -0.25) is 9.89 Å². The Morgan fingerprint density at radius 2 is 2.25 bits per heavy atom. The van der Waals surface area contributed by atoms with Crippen LogP contribution in [0.2, 0.25) is 0 Å². The first-order chi connectivity index (χ1) is 9.58. The van der Waals surface area contributed by atoms with Gasteiger partial charge in [0.2, 0.25) is 0 Å². The molecule has 2 aromatic rings. The van der Waals surface area contributed by atoms with Crippen molar-refractivity contribution in [1.82, 2.24) is 19.7 Å². The molecule has 0 bridgehead atoms. The van der Waals surface area contributed by atoms with Gasteiger partial charge in [0.1, 0.15) is 5.69 Å². The molecule has 1 aliphatic heterocycles. The van der Waals surface area contributed by atoms with Gasteiger partial charge in [0.25, 0.3) is 5.91 Å². The maximum atomic E-state index is 12.4. The number of H-pyrrole nitrogens is 1. The van der Waals surface area contributed by atoms with Crippen LogP contribution in [0.4, 0.5) is 0 Å². The first-order valence-electron chi connectivity index (χ1n) is 6.28. The molecule has 0 fully saturated rings. The van der Waals surface area contributed by atoms with Crippen molar-refractivity contribution in [1.29, 1.82) is 0 Å². The number of hydrogen-bond donors (Lipinski definition) is 2. The molecule has 7 heteroatoms. The third-order valence-electron chi connectivity index (χ3n) is 3.59. The van der Waals surface area contributed by atoms with Gasteiger partial charge in [-0.15, -0.1) is 0 Å². The quantitative estimate of drug-likeness (QED) is 0.841. The zero-order valence-electron chi connectivity index (χ0n) is 11.0. The number of amides is 1. The highest BCUT2D eigenvalue weighted by molar-refractivity contribution is 5.93. The first-order valence-corrected chi connectivity index (χ1v) is 6.28. The molecule has 0 radical (unpaired) electrons. The Morgan fingerprint density at radius 3 is 2.90 bits per heavy atom. The average Bonchev–Trinajstić information content (AvgIpc) is 3.02. The number of hydrogen-bond acceptors (Lipinski definition) is 3. The minimum absolute atomic E-state index is 0.00406. The number of carbonyl (C=O) groups is 2. The molecular formula is C13H14N4O3. The van der Waals surface area contributed by atoms with E-state index in [0.29, 0.717) is 24.2 Å². The van der Waals surface area contributed by atoms with Crippen molar-refractivity contribution >= 4 is 11.9 Å². The summed E-state index contributed by atoms with van der Waals surface area (Å²) >= 11 is 0. The van der Waals surface area contributed by atoms with E-state index in [9.17, 15) is 9.59 Å². The molecule has 7 nitrogen and oxygen atoms in total. The van der Waals surface area contributed by atoms with E-state index in [-0.39, 0.29) is 18.1 Å². The summed E-state index contributed by atoms with van der Waals surface area (Å²) in [6.45, 7) is 0.829. The van der Waals surface area contributed by atoms with Gasteiger partial charge in [-0.2, -0.15) is 5.10 Å². The number of aromatic carboxylic acids is 1. The lowest BCUT2D eigenvalue weighted by atomic mass is 10.0. The summed E-state index contributed by atoms with van der Waals surface area (Å²) in [7, 11) is 1.81. The summed E-state index contributed by atoms with van der Waals surface area (Å²) in [5.74, 6) is -1.17. The maximum Gasteiger partial charge on any atom is 0.356 e. The monoisotopic (exact) mass is 274 g/mol. The second kappa shape index (κ2) is 4.52. The molecule has 0 saturated heterocycles. The van der Waals surface area contributed by atoms with Crippen LogP contribution in [0.3, 0.4) is 0 Å². The molecule has 0 atom stereocenters. The summed E-state index contributed by atoms with van der Waals surface area (Å²) in [6.07, 6.45) is 2.40. The number of fused-ring (bicyclic) bond motifs is 1. The Labute approximate surface area is 114 Å². The van der Waals surface area contributed by atoms with Gasteiger partial charge < -0.3 is 14.6 Å². The molecule has 0 saturated carbocycles. The van der Waals surface area contributed by atoms with E-state index in [1.54, 1.807) is 15.5 Å². The highest BCUT2D eigenvalue weighted by atomic mass is 16.4. The van der Waals surface area contributed by atoms with Gasteiger partial charge in [-0.05, 0) is 12.1 Å². The van der Waals surface area contributed by atoms with E-state index >= 15 is 0 Å². The lowest BCUT2D eigenvalue weighted by Gasteiger charge is -2.27. The van der Waals surface area contributed by atoms with Crippen LogP contribution in [0.1, 0.15) is 32.2 Å². The molecule has 0 spiro atoms. The second-order valence-corrected chi connectivity index (χ2v) is 4.82. The number of carboxylic acids is 1. The number of carboxylic acid groups (broad SMARTS) is 1. The number of nitrogens with one attached hydrogen (secondary N) is 1. The molecule has 1 aliphatic rings. The van der Waals surface area contributed by atoms with E-state index in [0.717, 1.165) is 5.69 Å². The van der Waals surface area contributed by atoms with E-state index in [4.69, 9.17) is 5.11 Å². The molecule has 0 aromatic carbocycles. The van der Waals surface area contributed by atoms with E-state index in [1.165, 1.54) is 0 Å². The third-order valence-corrected chi connectivity index (χ3v) is 3.59. The van der Waals surface area contributed by atoms with Crippen LogP contribution < -0.4 is 0 Å². The number of aromatic amines is 1. The van der Waals surface area contributed by atoms with Crippen LogP contribution >= 0.6 is 0 Å². The highest BCUT2D eigenvalue weighted by Crippen LogP contribution is 2.21.